The van der Waals surface area contributed by atoms with Gasteiger partial charge in [0.2, 0.25) is 0 Å². The normalized spacial score (nSPS) is 10.6. The summed E-state index contributed by atoms with van der Waals surface area (Å²) in [5.41, 5.74) is 4.97. The lowest BCUT2D eigenvalue weighted by Crippen LogP contribution is -2.16. The fraction of sp³-hybridized carbons (Fsp3) is 0.154. The Morgan fingerprint density at radius 2 is 1.68 bits per heavy atom. The SMILES string of the molecule is Cc1ncccc1C(=O)Nc1ccc(-c2cc(NC(=O)c3cccc(N(C)C)c3)n(C)n2)cc1. The Bertz CT molecular complexity index is 1340. The minimum atomic E-state index is -0.209. The van der Waals surface area contributed by atoms with E-state index in [-0.39, 0.29) is 11.8 Å². The minimum Gasteiger partial charge on any atom is -0.378 e. The van der Waals surface area contributed by atoms with Gasteiger partial charge in [0, 0.05) is 61.6 Å². The topological polar surface area (TPSA) is 92.1 Å². The molecule has 0 aliphatic rings. The van der Waals surface area contributed by atoms with Crippen LogP contribution < -0.4 is 15.5 Å². The number of hydrogen-bond acceptors (Lipinski definition) is 5. The second kappa shape index (κ2) is 9.58. The van der Waals surface area contributed by atoms with Gasteiger partial charge in [0.05, 0.1) is 11.3 Å². The summed E-state index contributed by atoms with van der Waals surface area (Å²) in [5.74, 6) is 0.168. The number of aromatic nitrogens is 3. The second-order valence-electron chi connectivity index (χ2n) is 8.11. The average Bonchev–Trinajstić information content (AvgIpc) is 3.19. The van der Waals surface area contributed by atoms with Gasteiger partial charge >= 0.3 is 0 Å². The first-order chi connectivity index (χ1) is 16.3. The largest absolute Gasteiger partial charge is 0.378 e. The molecule has 2 aromatic carbocycles. The summed E-state index contributed by atoms with van der Waals surface area (Å²) in [6.07, 6.45) is 1.66. The highest BCUT2D eigenvalue weighted by Gasteiger charge is 2.14. The number of pyridine rings is 1. The van der Waals surface area contributed by atoms with E-state index in [0.717, 1.165) is 11.3 Å². The van der Waals surface area contributed by atoms with Crippen LogP contribution in [-0.2, 0) is 7.05 Å². The molecule has 0 unspecified atom stereocenters. The summed E-state index contributed by atoms with van der Waals surface area (Å²) in [6, 6.07) is 20.1. The molecule has 172 valence electrons. The molecule has 2 amide bonds. The molecule has 2 heterocycles. The highest BCUT2D eigenvalue weighted by Crippen LogP contribution is 2.24. The summed E-state index contributed by atoms with van der Waals surface area (Å²) in [6.45, 7) is 1.80. The molecule has 4 rings (SSSR count). The maximum atomic E-state index is 12.8. The van der Waals surface area contributed by atoms with E-state index in [1.54, 1.807) is 43.0 Å². The number of hydrogen-bond donors (Lipinski definition) is 2. The highest BCUT2D eigenvalue weighted by atomic mass is 16.2. The molecule has 0 aliphatic heterocycles. The van der Waals surface area contributed by atoms with Gasteiger partial charge in [0.25, 0.3) is 11.8 Å². The molecule has 8 heteroatoms. The minimum absolute atomic E-state index is 0.206. The Morgan fingerprint density at radius 1 is 0.912 bits per heavy atom. The summed E-state index contributed by atoms with van der Waals surface area (Å²) in [4.78, 5) is 31.4. The number of rotatable bonds is 6. The number of nitrogens with zero attached hydrogens (tertiary/aromatic N) is 4. The van der Waals surface area contributed by atoms with Crippen LogP contribution in [0.5, 0.6) is 0 Å². The van der Waals surface area contributed by atoms with Gasteiger partial charge in [0.1, 0.15) is 5.82 Å². The number of carbonyl (C=O) groups excluding carboxylic acids is 2. The van der Waals surface area contributed by atoms with E-state index in [2.05, 4.69) is 20.7 Å². The molecule has 0 fully saturated rings. The number of benzene rings is 2. The van der Waals surface area contributed by atoms with Crippen LogP contribution in [0.2, 0.25) is 0 Å². The van der Waals surface area contributed by atoms with E-state index >= 15 is 0 Å². The van der Waals surface area contributed by atoms with E-state index in [4.69, 9.17) is 0 Å². The summed E-state index contributed by atoms with van der Waals surface area (Å²) >= 11 is 0. The third-order valence-corrected chi connectivity index (χ3v) is 5.44. The van der Waals surface area contributed by atoms with Gasteiger partial charge in [-0.2, -0.15) is 5.10 Å². The highest BCUT2D eigenvalue weighted by molar-refractivity contribution is 6.05. The van der Waals surface area contributed by atoms with Crippen molar-refractivity contribution in [1.29, 1.82) is 0 Å². The zero-order chi connectivity index (χ0) is 24.2. The lowest BCUT2D eigenvalue weighted by molar-refractivity contribution is 0.101. The Balaban J connectivity index is 1.46. The predicted molar refractivity (Wildman–Crippen MR) is 134 cm³/mol. The van der Waals surface area contributed by atoms with Crippen molar-refractivity contribution in [3.05, 3.63) is 89.7 Å². The second-order valence-corrected chi connectivity index (χ2v) is 8.11. The average molecular weight is 455 g/mol. The van der Waals surface area contributed by atoms with Crippen LogP contribution in [-0.4, -0.2) is 40.7 Å². The quantitative estimate of drug-likeness (QED) is 0.452. The number of aryl methyl sites for hydroxylation is 2. The van der Waals surface area contributed by atoms with Crippen molar-refractivity contribution in [3.8, 4) is 11.3 Å². The van der Waals surface area contributed by atoms with Crippen LogP contribution in [0.1, 0.15) is 26.4 Å². The van der Waals surface area contributed by atoms with Crippen LogP contribution in [0.3, 0.4) is 0 Å². The Labute approximate surface area is 198 Å². The molecule has 2 N–H and O–H groups in total. The van der Waals surface area contributed by atoms with Crippen LogP contribution in [0, 0.1) is 6.92 Å². The third-order valence-electron chi connectivity index (χ3n) is 5.44. The number of carbonyl (C=O) groups is 2. The van der Waals surface area contributed by atoms with Crippen molar-refractivity contribution in [3.63, 3.8) is 0 Å². The van der Waals surface area contributed by atoms with Crippen molar-refractivity contribution < 1.29 is 9.59 Å². The van der Waals surface area contributed by atoms with E-state index < -0.39 is 0 Å². The monoisotopic (exact) mass is 454 g/mol. The van der Waals surface area contributed by atoms with E-state index in [1.165, 1.54) is 0 Å². The van der Waals surface area contributed by atoms with Crippen molar-refractivity contribution in [2.45, 2.75) is 6.92 Å². The molecule has 8 nitrogen and oxygen atoms in total. The molecule has 34 heavy (non-hydrogen) atoms. The van der Waals surface area contributed by atoms with Crippen molar-refractivity contribution in [2.75, 3.05) is 29.6 Å². The fourth-order valence-electron chi connectivity index (χ4n) is 3.49. The van der Waals surface area contributed by atoms with Crippen molar-refractivity contribution >= 4 is 29.0 Å². The Kier molecular flexibility index (Phi) is 6.40. The van der Waals surface area contributed by atoms with E-state index in [9.17, 15) is 9.59 Å². The Hall–Kier alpha value is -4.46. The molecule has 0 atom stereocenters. The number of nitrogens with one attached hydrogen (secondary N) is 2. The number of amides is 2. The van der Waals surface area contributed by atoms with Crippen molar-refractivity contribution in [2.24, 2.45) is 7.05 Å². The molecule has 0 spiro atoms. The molecule has 0 bridgehead atoms. The molecule has 0 saturated heterocycles. The van der Waals surface area contributed by atoms with Crippen LogP contribution in [0.15, 0.2) is 72.9 Å². The molecular formula is C26H26N6O2. The molecule has 2 aromatic heterocycles. The molecule has 4 aromatic rings. The van der Waals surface area contributed by atoms with Gasteiger partial charge < -0.3 is 15.5 Å². The van der Waals surface area contributed by atoms with Gasteiger partial charge in [-0.1, -0.05) is 18.2 Å². The maximum Gasteiger partial charge on any atom is 0.257 e. The van der Waals surface area contributed by atoms with E-state index in [1.807, 2.05) is 67.5 Å². The lowest BCUT2D eigenvalue weighted by Gasteiger charge is -2.13. The fourth-order valence-corrected chi connectivity index (χ4v) is 3.49. The predicted octanol–water partition coefficient (Wildman–Crippen LogP) is 4.36. The maximum absolute atomic E-state index is 12.8. The van der Waals surface area contributed by atoms with Gasteiger partial charge in [-0.15, -0.1) is 0 Å². The molecule has 0 radical (unpaired) electrons. The van der Waals surface area contributed by atoms with Gasteiger partial charge in [-0.25, -0.2) is 0 Å². The molecule has 0 saturated carbocycles. The standard InChI is InChI=1S/C26H26N6O2/c1-17-22(9-6-14-27-17)26(34)28-20-12-10-18(11-13-20)23-16-24(32(4)30-23)29-25(33)19-7-5-8-21(15-19)31(2)3/h5-16H,1-4H3,(H,28,34)(H,29,33). The lowest BCUT2D eigenvalue weighted by atomic mass is 10.1. The first-order valence-electron chi connectivity index (χ1n) is 10.8. The summed E-state index contributed by atoms with van der Waals surface area (Å²) in [7, 11) is 5.64. The first-order valence-corrected chi connectivity index (χ1v) is 10.8. The zero-order valence-electron chi connectivity index (χ0n) is 19.5. The third kappa shape index (κ3) is 4.96. The van der Waals surface area contributed by atoms with Crippen LogP contribution in [0.25, 0.3) is 11.3 Å². The smallest absolute Gasteiger partial charge is 0.257 e. The van der Waals surface area contributed by atoms with Crippen molar-refractivity contribution in [1.82, 2.24) is 14.8 Å². The van der Waals surface area contributed by atoms with E-state index in [0.29, 0.717) is 34.0 Å². The summed E-state index contributed by atoms with van der Waals surface area (Å²) in [5, 5.41) is 10.3. The summed E-state index contributed by atoms with van der Waals surface area (Å²) < 4.78 is 1.63. The number of anilines is 3. The molecule has 0 aliphatic carbocycles. The first kappa shape index (κ1) is 22.7. The van der Waals surface area contributed by atoms with Crippen LogP contribution >= 0.6 is 0 Å². The van der Waals surface area contributed by atoms with Crippen LogP contribution in [0.4, 0.5) is 17.2 Å². The van der Waals surface area contributed by atoms with Gasteiger partial charge in [-0.05, 0) is 49.4 Å². The molecular weight excluding hydrogens is 428 g/mol. The zero-order valence-corrected chi connectivity index (χ0v) is 19.5. The Morgan fingerprint density at radius 3 is 2.38 bits per heavy atom. The van der Waals surface area contributed by atoms with Gasteiger partial charge in [-0.3, -0.25) is 19.3 Å². The van der Waals surface area contributed by atoms with Gasteiger partial charge in [0.15, 0.2) is 0 Å².